The van der Waals surface area contributed by atoms with E-state index in [0.717, 1.165) is 41.1 Å². The molecule has 2 N–H and O–H groups in total. The standard InChI is InChI=1S/C19H18N2O3/c1-24-16-5-3-2-4-14(16)19(8-9-19)18(23)20-13-6-7-15-12(10-13)11-17(22)21-15/h2-7,10H,8-9,11H2,1H3,(H,20,23)(H,21,22). The van der Waals surface area contributed by atoms with Crippen LogP contribution in [0.5, 0.6) is 5.75 Å². The maximum atomic E-state index is 12.9. The molecule has 5 heteroatoms. The number of nitrogens with one attached hydrogen (secondary N) is 2. The summed E-state index contributed by atoms with van der Waals surface area (Å²) in [5.41, 5.74) is 2.88. The number of para-hydroxylation sites is 1. The Labute approximate surface area is 140 Å². The Balaban J connectivity index is 1.59. The summed E-state index contributed by atoms with van der Waals surface area (Å²) in [6.07, 6.45) is 1.98. The molecular weight excluding hydrogens is 304 g/mol. The molecule has 5 nitrogen and oxygen atoms in total. The Bertz CT molecular complexity index is 840. The van der Waals surface area contributed by atoms with Crippen molar-refractivity contribution in [1.29, 1.82) is 0 Å². The average Bonchev–Trinajstić information content (AvgIpc) is 3.31. The van der Waals surface area contributed by atoms with Gasteiger partial charge in [0.1, 0.15) is 5.75 Å². The molecule has 0 radical (unpaired) electrons. The third-order valence-electron chi connectivity index (χ3n) is 4.80. The highest BCUT2D eigenvalue weighted by Gasteiger charge is 2.52. The van der Waals surface area contributed by atoms with E-state index < -0.39 is 5.41 Å². The molecule has 0 unspecified atom stereocenters. The second-order valence-electron chi connectivity index (χ2n) is 6.33. The van der Waals surface area contributed by atoms with Crippen molar-refractivity contribution < 1.29 is 14.3 Å². The normalized spacial score (nSPS) is 17.0. The van der Waals surface area contributed by atoms with Gasteiger partial charge in [-0.3, -0.25) is 9.59 Å². The quantitative estimate of drug-likeness (QED) is 0.909. The molecule has 24 heavy (non-hydrogen) atoms. The summed E-state index contributed by atoms with van der Waals surface area (Å²) >= 11 is 0. The van der Waals surface area contributed by atoms with Gasteiger partial charge in [-0.15, -0.1) is 0 Å². The van der Waals surface area contributed by atoms with Gasteiger partial charge in [-0.25, -0.2) is 0 Å². The van der Waals surface area contributed by atoms with E-state index in [1.165, 1.54) is 0 Å². The van der Waals surface area contributed by atoms with Gasteiger partial charge in [-0.2, -0.15) is 0 Å². The zero-order chi connectivity index (χ0) is 16.7. The topological polar surface area (TPSA) is 67.4 Å². The Hall–Kier alpha value is -2.82. The number of amides is 2. The zero-order valence-electron chi connectivity index (χ0n) is 13.4. The van der Waals surface area contributed by atoms with Gasteiger partial charge in [0, 0.05) is 16.9 Å². The Morgan fingerprint density at radius 3 is 2.75 bits per heavy atom. The van der Waals surface area contributed by atoms with Crippen molar-refractivity contribution in [1.82, 2.24) is 0 Å². The molecular formula is C19H18N2O3. The molecule has 2 amide bonds. The van der Waals surface area contributed by atoms with E-state index in [1.807, 2.05) is 42.5 Å². The van der Waals surface area contributed by atoms with Gasteiger partial charge in [0.15, 0.2) is 0 Å². The van der Waals surface area contributed by atoms with Crippen molar-refractivity contribution in [2.75, 3.05) is 17.7 Å². The first-order valence-corrected chi connectivity index (χ1v) is 8.00. The zero-order valence-corrected chi connectivity index (χ0v) is 13.4. The van der Waals surface area contributed by atoms with Gasteiger partial charge in [-0.1, -0.05) is 18.2 Å². The number of rotatable bonds is 4. The van der Waals surface area contributed by atoms with Crippen LogP contribution < -0.4 is 15.4 Å². The minimum atomic E-state index is -0.514. The first-order valence-electron chi connectivity index (χ1n) is 8.00. The van der Waals surface area contributed by atoms with E-state index in [9.17, 15) is 9.59 Å². The minimum absolute atomic E-state index is 0.0128. The van der Waals surface area contributed by atoms with E-state index in [1.54, 1.807) is 7.11 Å². The van der Waals surface area contributed by atoms with Crippen molar-refractivity contribution in [3.8, 4) is 5.75 Å². The molecule has 1 fully saturated rings. The monoisotopic (exact) mass is 322 g/mol. The number of methoxy groups -OCH3 is 1. The predicted octanol–water partition coefficient (Wildman–Crippen LogP) is 2.86. The molecule has 0 aromatic heterocycles. The number of anilines is 2. The van der Waals surface area contributed by atoms with Gasteiger partial charge in [0.05, 0.1) is 18.9 Å². The summed E-state index contributed by atoms with van der Waals surface area (Å²) in [6, 6.07) is 13.2. The molecule has 0 bridgehead atoms. The van der Waals surface area contributed by atoms with E-state index in [-0.39, 0.29) is 11.8 Å². The van der Waals surface area contributed by atoms with Gasteiger partial charge < -0.3 is 15.4 Å². The molecule has 2 aromatic rings. The van der Waals surface area contributed by atoms with Crippen LogP contribution in [0.3, 0.4) is 0 Å². The number of fused-ring (bicyclic) bond motifs is 1. The smallest absolute Gasteiger partial charge is 0.235 e. The van der Waals surface area contributed by atoms with Gasteiger partial charge in [-0.05, 0) is 42.7 Å². The maximum absolute atomic E-state index is 12.9. The SMILES string of the molecule is COc1ccccc1C1(C(=O)Nc2ccc3c(c2)CC(=O)N3)CC1. The van der Waals surface area contributed by atoms with Crippen LogP contribution in [-0.2, 0) is 21.4 Å². The van der Waals surface area contributed by atoms with Gasteiger partial charge in [0.25, 0.3) is 0 Å². The molecule has 2 aromatic carbocycles. The molecule has 1 heterocycles. The molecule has 0 saturated heterocycles. The van der Waals surface area contributed by atoms with Crippen LogP contribution in [0.4, 0.5) is 11.4 Å². The third-order valence-corrected chi connectivity index (χ3v) is 4.80. The second kappa shape index (κ2) is 5.37. The van der Waals surface area contributed by atoms with E-state index in [4.69, 9.17) is 4.74 Å². The van der Waals surface area contributed by atoms with Crippen molar-refractivity contribution in [2.45, 2.75) is 24.7 Å². The fourth-order valence-electron chi connectivity index (χ4n) is 3.34. The number of benzene rings is 2. The van der Waals surface area contributed by atoms with Crippen LogP contribution in [0.25, 0.3) is 0 Å². The molecule has 1 saturated carbocycles. The largest absolute Gasteiger partial charge is 0.496 e. The van der Waals surface area contributed by atoms with Crippen LogP contribution in [0, 0.1) is 0 Å². The van der Waals surface area contributed by atoms with Crippen molar-refractivity contribution in [3.63, 3.8) is 0 Å². The first-order chi connectivity index (χ1) is 11.6. The molecule has 0 spiro atoms. The number of hydrogen-bond acceptors (Lipinski definition) is 3. The molecule has 0 atom stereocenters. The van der Waals surface area contributed by atoms with E-state index in [2.05, 4.69) is 10.6 Å². The summed E-state index contributed by atoms with van der Waals surface area (Å²) in [5, 5.41) is 5.80. The van der Waals surface area contributed by atoms with E-state index in [0.29, 0.717) is 6.42 Å². The minimum Gasteiger partial charge on any atom is -0.496 e. The summed E-state index contributed by atoms with van der Waals surface area (Å²) in [4.78, 5) is 24.3. The average molecular weight is 322 g/mol. The van der Waals surface area contributed by atoms with Crippen LogP contribution >= 0.6 is 0 Å². The first kappa shape index (κ1) is 14.8. The second-order valence-corrected chi connectivity index (χ2v) is 6.33. The summed E-state index contributed by atoms with van der Waals surface area (Å²) in [7, 11) is 1.62. The van der Waals surface area contributed by atoms with Crippen molar-refractivity contribution >= 4 is 23.2 Å². The molecule has 1 aliphatic carbocycles. The van der Waals surface area contributed by atoms with Crippen LogP contribution in [-0.4, -0.2) is 18.9 Å². The third kappa shape index (κ3) is 2.33. The molecule has 2 aliphatic rings. The lowest BCUT2D eigenvalue weighted by Gasteiger charge is -2.18. The number of hydrogen-bond donors (Lipinski definition) is 2. The maximum Gasteiger partial charge on any atom is 0.235 e. The van der Waals surface area contributed by atoms with Crippen LogP contribution in [0.1, 0.15) is 24.0 Å². The number of carbonyl (C=O) groups is 2. The molecule has 1 aliphatic heterocycles. The molecule has 122 valence electrons. The highest BCUT2D eigenvalue weighted by Crippen LogP contribution is 2.52. The van der Waals surface area contributed by atoms with Crippen LogP contribution in [0.15, 0.2) is 42.5 Å². The van der Waals surface area contributed by atoms with Gasteiger partial charge >= 0.3 is 0 Å². The summed E-state index contributed by atoms with van der Waals surface area (Å²) in [5.74, 6) is 0.708. The molecule has 4 rings (SSSR count). The van der Waals surface area contributed by atoms with Gasteiger partial charge in [0.2, 0.25) is 11.8 Å². The Morgan fingerprint density at radius 2 is 2.00 bits per heavy atom. The van der Waals surface area contributed by atoms with E-state index >= 15 is 0 Å². The Kier molecular flexibility index (Phi) is 3.30. The Morgan fingerprint density at radius 1 is 1.21 bits per heavy atom. The fraction of sp³-hybridized carbons (Fsp3) is 0.263. The predicted molar refractivity (Wildman–Crippen MR) is 91.3 cm³/mol. The lowest BCUT2D eigenvalue weighted by molar-refractivity contribution is -0.118. The number of carbonyl (C=O) groups excluding carboxylic acids is 2. The lowest BCUT2D eigenvalue weighted by Crippen LogP contribution is -2.28. The number of ether oxygens (including phenoxy) is 1. The highest BCUT2D eigenvalue weighted by atomic mass is 16.5. The van der Waals surface area contributed by atoms with Crippen molar-refractivity contribution in [3.05, 3.63) is 53.6 Å². The van der Waals surface area contributed by atoms with Crippen LogP contribution in [0.2, 0.25) is 0 Å². The van der Waals surface area contributed by atoms with Crippen molar-refractivity contribution in [2.24, 2.45) is 0 Å². The fourth-order valence-corrected chi connectivity index (χ4v) is 3.34. The summed E-state index contributed by atoms with van der Waals surface area (Å²) < 4.78 is 5.42. The summed E-state index contributed by atoms with van der Waals surface area (Å²) in [6.45, 7) is 0. The lowest BCUT2D eigenvalue weighted by atomic mass is 9.93. The highest BCUT2D eigenvalue weighted by molar-refractivity contribution is 6.03.